The SMILES string of the molecule is CCOc1cc(C)c(-c2nc3ccccc3c(=O)n2N=Cc2ccc(OCc3ccc(F)cc3)cc2)cc1C(C)C. The zero-order valence-corrected chi connectivity index (χ0v) is 23.6. The molecular weight excluding hydrogens is 517 g/mol. The number of aromatic nitrogens is 2. The Morgan fingerprint density at radius 1 is 0.976 bits per heavy atom. The first-order valence-electron chi connectivity index (χ1n) is 13.6. The van der Waals surface area contributed by atoms with Crippen LogP contribution in [0, 0.1) is 12.7 Å². The van der Waals surface area contributed by atoms with Crippen LogP contribution in [0.15, 0.2) is 94.8 Å². The zero-order valence-electron chi connectivity index (χ0n) is 23.6. The highest BCUT2D eigenvalue weighted by Gasteiger charge is 2.18. The van der Waals surface area contributed by atoms with E-state index >= 15 is 0 Å². The van der Waals surface area contributed by atoms with Gasteiger partial charge in [-0.25, -0.2) is 9.37 Å². The lowest BCUT2D eigenvalue weighted by molar-refractivity contribution is 0.306. The van der Waals surface area contributed by atoms with Crippen molar-refractivity contribution in [1.82, 2.24) is 9.66 Å². The third-order valence-electron chi connectivity index (χ3n) is 6.79. The second-order valence-corrected chi connectivity index (χ2v) is 10.1. The second-order valence-electron chi connectivity index (χ2n) is 10.1. The topological polar surface area (TPSA) is 65.7 Å². The maximum Gasteiger partial charge on any atom is 0.282 e. The number of fused-ring (bicyclic) bond motifs is 1. The third-order valence-corrected chi connectivity index (χ3v) is 6.79. The largest absolute Gasteiger partial charge is 0.494 e. The molecule has 0 bridgehead atoms. The highest BCUT2D eigenvalue weighted by molar-refractivity contribution is 5.82. The molecule has 0 amide bonds. The smallest absolute Gasteiger partial charge is 0.282 e. The highest BCUT2D eigenvalue weighted by atomic mass is 19.1. The van der Waals surface area contributed by atoms with Crippen LogP contribution in [0.2, 0.25) is 0 Å². The van der Waals surface area contributed by atoms with Gasteiger partial charge in [0.25, 0.3) is 5.56 Å². The fourth-order valence-electron chi connectivity index (χ4n) is 4.60. The Labute approximate surface area is 238 Å². The first-order valence-corrected chi connectivity index (χ1v) is 13.6. The molecule has 0 aliphatic heterocycles. The van der Waals surface area contributed by atoms with Crippen LogP contribution < -0.4 is 15.0 Å². The summed E-state index contributed by atoms with van der Waals surface area (Å²) in [6, 6.07) is 25.0. The molecule has 0 saturated heterocycles. The van der Waals surface area contributed by atoms with E-state index < -0.39 is 0 Å². The van der Waals surface area contributed by atoms with Crippen LogP contribution in [0.25, 0.3) is 22.3 Å². The monoisotopic (exact) mass is 549 g/mol. The first-order chi connectivity index (χ1) is 19.8. The Morgan fingerprint density at radius 2 is 1.71 bits per heavy atom. The van der Waals surface area contributed by atoms with Crippen molar-refractivity contribution in [2.75, 3.05) is 6.61 Å². The number of benzene rings is 4. The van der Waals surface area contributed by atoms with Gasteiger partial charge in [0.2, 0.25) is 0 Å². The Hall–Kier alpha value is -4.78. The number of ether oxygens (including phenoxy) is 2. The van der Waals surface area contributed by atoms with Gasteiger partial charge in [0, 0.05) is 5.56 Å². The van der Waals surface area contributed by atoms with Crippen molar-refractivity contribution < 1.29 is 13.9 Å². The number of nitrogens with zero attached hydrogens (tertiary/aromatic N) is 3. The molecule has 0 N–H and O–H groups in total. The number of para-hydroxylation sites is 1. The number of hydrogen-bond acceptors (Lipinski definition) is 5. The van der Waals surface area contributed by atoms with Crippen LogP contribution in [-0.2, 0) is 6.61 Å². The third kappa shape index (κ3) is 6.19. The van der Waals surface area contributed by atoms with Crippen LogP contribution in [0.4, 0.5) is 4.39 Å². The summed E-state index contributed by atoms with van der Waals surface area (Å²) in [6.07, 6.45) is 1.64. The van der Waals surface area contributed by atoms with Gasteiger partial charge in [-0.05, 0) is 103 Å². The molecule has 7 heteroatoms. The molecule has 0 fully saturated rings. The molecule has 41 heavy (non-hydrogen) atoms. The number of hydrogen-bond donors (Lipinski definition) is 0. The lowest BCUT2D eigenvalue weighted by atomic mass is 9.96. The van der Waals surface area contributed by atoms with Gasteiger partial charge < -0.3 is 9.47 Å². The molecule has 0 aliphatic carbocycles. The lowest BCUT2D eigenvalue weighted by Gasteiger charge is -2.18. The summed E-state index contributed by atoms with van der Waals surface area (Å²) in [5.74, 6) is 1.90. The van der Waals surface area contributed by atoms with E-state index in [2.05, 4.69) is 25.0 Å². The van der Waals surface area contributed by atoms with Gasteiger partial charge in [-0.3, -0.25) is 4.79 Å². The van der Waals surface area contributed by atoms with Gasteiger partial charge in [-0.2, -0.15) is 9.78 Å². The molecule has 208 valence electrons. The van der Waals surface area contributed by atoms with E-state index in [1.165, 1.54) is 16.8 Å². The molecule has 6 nitrogen and oxygen atoms in total. The minimum absolute atomic E-state index is 0.212. The summed E-state index contributed by atoms with van der Waals surface area (Å²) < 4.78 is 26.2. The van der Waals surface area contributed by atoms with E-state index in [0.717, 1.165) is 33.6 Å². The molecule has 5 aromatic rings. The fraction of sp³-hybridized carbons (Fsp3) is 0.206. The predicted molar refractivity (Wildman–Crippen MR) is 162 cm³/mol. The van der Waals surface area contributed by atoms with E-state index in [4.69, 9.17) is 14.5 Å². The molecule has 0 unspecified atom stereocenters. The van der Waals surface area contributed by atoms with E-state index in [1.807, 2.05) is 62.4 Å². The molecule has 4 aromatic carbocycles. The van der Waals surface area contributed by atoms with E-state index in [-0.39, 0.29) is 17.3 Å². The zero-order chi connectivity index (χ0) is 28.9. The molecule has 0 radical (unpaired) electrons. The van der Waals surface area contributed by atoms with Crippen molar-refractivity contribution in [3.8, 4) is 22.9 Å². The van der Waals surface area contributed by atoms with Gasteiger partial charge in [-0.15, -0.1) is 0 Å². The second kappa shape index (κ2) is 12.2. The molecule has 0 spiro atoms. The average Bonchev–Trinajstić information content (AvgIpc) is 2.97. The van der Waals surface area contributed by atoms with Gasteiger partial charge in [0.15, 0.2) is 5.82 Å². The van der Waals surface area contributed by atoms with E-state index in [1.54, 1.807) is 24.4 Å². The Bertz CT molecular complexity index is 1760. The van der Waals surface area contributed by atoms with Crippen LogP contribution >= 0.6 is 0 Å². The summed E-state index contributed by atoms with van der Waals surface area (Å²) in [6.45, 7) is 9.08. The first kappa shape index (κ1) is 27.8. The standard InChI is InChI=1S/C34H32FN3O3/c1-5-40-32-18-23(4)30(19-29(32)22(2)3)33-37-31-9-7-6-8-28(31)34(39)38(33)36-20-24-12-16-27(17-13-24)41-21-25-10-14-26(35)15-11-25/h6-20,22H,5,21H2,1-4H3. The Balaban J connectivity index is 1.51. The lowest BCUT2D eigenvalue weighted by Crippen LogP contribution is -2.20. The summed E-state index contributed by atoms with van der Waals surface area (Å²) in [7, 11) is 0. The predicted octanol–water partition coefficient (Wildman–Crippen LogP) is 7.49. The molecule has 1 aromatic heterocycles. The van der Waals surface area contributed by atoms with Crippen LogP contribution in [-0.4, -0.2) is 22.5 Å². The minimum atomic E-state index is -0.278. The number of halogens is 1. The fourth-order valence-corrected chi connectivity index (χ4v) is 4.60. The molecule has 5 rings (SSSR count). The Morgan fingerprint density at radius 3 is 2.41 bits per heavy atom. The van der Waals surface area contributed by atoms with Gasteiger partial charge in [0.05, 0.1) is 23.7 Å². The summed E-state index contributed by atoms with van der Waals surface area (Å²) in [4.78, 5) is 18.6. The van der Waals surface area contributed by atoms with Crippen LogP contribution in [0.1, 0.15) is 48.9 Å². The van der Waals surface area contributed by atoms with Gasteiger partial charge in [0.1, 0.15) is 23.9 Å². The summed E-state index contributed by atoms with van der Waals surface area (Å²) >= 11 is 0. The summed E-state index contributed by atoms with van der Waals surface area (Å²) in [5.41, 5.74) is 4.82. The van der Waals surface area contributed by atoms with E-state index in [9.17, 15) is 9.18 Å². The van der Waals surface area contributed by atoms with Crippen molar-refractivity contribution >= 4 is 17.1 Å². The maximum atomic E-state index is 13.7. The molecule has 0 saturated carbocycles. The van der Waals surface area contributed by atoms with Crippen LogP contribution in [0.3, 0.4) is 0 Å². The normalized spacial score (nSPS) is 11.5. The molecule has 0 aliphatic rings. The average molecular weight is 550 g/mol. The van der Waals surface area contributed by atoms with Crippen molar-refractivity contribution in [3.63, 3.8) is 0 Å². The number of aryl methyl sites for hydroxylation is 1. The van der Waals surface area contributed by atoms with Crippen molar-refractivity contribution in [2.24, 2.45) is 5.10 Å². The maximum absolute atomic E-state index is 13.7. The van der Waals surface area contributed by atoms with Gasteiger partial charge in [-0.1, -0.05) is 38.1 Å². The molecular formula is C34H32FN3O3. The van der Waals surface area contributed by atoms with Crippen molar-refractivity contribution in [1.29, 1.82) is 0 Å². The Kier molecular flexibility index (Phi) is 8.24. The van der Waals surface area contributed by atoms with E-state index in [0.29, 0.717) is 35.7 Å². The molecule has 0 atom stereocenters. The molecule has 1 heterocycles. The quantitative estimate of drug-likeness (QED) is 0.179. The van der Waals surface area contributed by atoms with Crippen molar-refractivity contribution in [2.45, 2.75) is 40.2 Å². The summed E-state index contributed by atoms with van der Waals surface area (Å²) in [5, 5.41) is 5.11. The van der Waals surface area contributed by atoms with Crippen molar-refractivity contribution in [3.05, 3.63) is 123 Å². The highest BCUT2D eigenvalue weighted by Crippen LogP contribution is 2.34. The van der Waals surface area contributed by atoms with Gasteiger partial charge >= 0.3 is 0 Å². The van der Waals surface area contributed by atoms with Crippen LogP contribution in [0.5, 0.6) is 11.5 Å². The number of rotatable bonds is 9. The minimum Gasteiger partial charge on any atom is -0.494 e.